The Morgan fingerprint density at radius 1 is 1.50 bits per heavy atom. The lowest BCUT2D eigenvalue weighted by molar-refractivity contribution is 0.192. The van der Waals surface area contributed by atoms with E-state index < -0.39 is 10.0 Å². The molecule has 6 nitrogen and oxygen atoms in total. The standard InChI is InChI=1S/C13H16N2O4S/c16-5-2-1-3-11-7-13(9-14-8-11)20(17,18)15-12-4-6-19-10-12/h7-9,12,15-16H,2,4-6,10H2. The minimum absolute atomic E-state index is 0.0261. The van der Waals surface area contributed by atoms with E-state index in [4.69, 9.17) is 9.84 Å². The maximum atomic E-state index is 12.2. The van der Waals surface area contributed by atoms with Crippen LogP contribution in [0, 0.1) is 11.8 Å². The summed E-state index contributed by atoms with van der Waals surface area (Å²) in [4.78, 5) is 3.97. The summed E-state index contributed by atoms with van der Waals surface area (Å²) < 4.78 is 32.1. The van der Waals surface area contributed by atoms with Crippen LogP contribution >= 0.6 is 0 Å². The zero-order chi connectivity index (χ0) is 14.4. The maximum Gasteiger partial charge on any atom is 0.242 e. The van der Waals surface area contributed by atoms with E-state index in [9.17, 15) is 8.42 Å². The van der Waals surface area contributed by atoms with Crippen LogP contribution in [-0.4, -0.2) is 44.4 Å². The van der Waals surface area contributed by atoms with Gasteiger partial charge in [0.05, 0.1) is 13.2 Å². The van der Waals surface area contributed by atoms with Gasteiger partial charge < -0.3 is 9.84 Å². The number of nitrogens with one attached hydrogen (secondary N) is 1. The molecule has 1 aliphatic rings. The molecule has 20 heavy (non-hydrogen) atoms. The van der Waals surface area contributed by atoms with Gasteiger partial charge in [-0.15, -0.1) is 0 Å². The van der Waals surface area contributed by atoms with E-state index in [1.165, 1.54) is 18.5 Å². The predicted molar refractivity (Wildman–Crippen MR) is 72.4 cm³/mol. The van der Waals surface area contributed by atoms with Gasteiger partial charge in [0.1, 0.15) is 4.90 Å². The molecule has 2 N–H and O–H groups in total. The minimum atomic E-state index is -3.61. The number of hydrogen-bond acceptors (Lipinski definition) is 5. The molecule has 0 radical (unpaired) electrons. The van der Waals surface area contributed by atoms with Crippen molar-refractivity contribution in [2.45, 2.75) is 23.8 Å². The summed E-state index contributed by atoms with van der Waals surface area (Å²) in [6.07, 6.45) is 3.79. The van der Waals surface area contributed by atoms with Gasteiger partial charge in [-0.2, -0.15) is 0 Å². The molecule has 1 aromatic rings. The quantitative estimate of drug-likeness (QED) is 0.756. The molecule has 0 aromatic carbocycles. The van der Waals surface area contributed by atoms with Crippen molar-refractivity contribution >= 4 is 10.0 Å². The second kappa shape index (κ2) is 6.81. The third kappa shape index (κ3) is 4.02. The molecule has 2 heterocycles. The van der Waals surface area contributed by atoms with Crippen molar-refractivity contribution in [3.8, 4) is 11.8 Å². The van der Waals surface area contributed by atoms with Crippen LogP contribution in [0.5, 0.6) is 0 Å². The lowest BCUT2D eigenvalue weighted by atomic mass is 10.3. The largest absolute Gasteiger partial charge is 0.395 e. The fourth-order valence-corrected chi connectivity index (χ4v) is 3.01. The number of hydrogen-bond donors (Lipinski definition) is 2. The Balaban J connectivity index is 2.15. The van der Waals surface area contributed by atoms with Gasteiger partial charge in [-0.25, -0.2) is 13.1 Å². The molecular weight excluding hydrogens is 280 g/mol. The zero-order valence-electron chi connectivity index (χ0n) is 10.9. The summed E-state index contributed by atoms with van der Waals surface area (Å²) in [6.45, 7) is 0.933. The Morgan fingerprint density at radius 3 is 3.05 bits per heavy atom. The highest BCUT2D eigenvalue weighted by atomic mass is 32.2. The Labute approximate surface area is 118 Å². The Hall–Kier alpha value is -1.46. The van der Waals surface area contributed by atoms with E-state index in [0.29, 0.717) is 31.6 Å². The number of aliphatic hydroxyl groups is 1. The van der Waals surface area contributed by atoms with Crippen molar-refractivity contribution < 1.29 is 18.3 Å². The first-order valence-electron chi connectivity index (χ1n) is 6.26. The first-order valence-corrected chi connectivity index (χ1v) is 7.75. The average Bonchev–Trinajstić information content (AvgIpc) is 2.92. The molecule has 1 unspecified atom stereocenters. The summed E-state index contributed by atoms with van der Waals surface area (Å²) in [7, 11) is -3.61. The smallest absolute Gasteiger partial charge is 0.242 e. The van der Waals surface area contributed by atoms with Crippen LogP contribution in [0.3, 0.4) is 0 Å². The number of aromatic nitrogens is 1. The molecule has 7 heteroatoms. The van der Waals surface area contributed by atoms with Gasteiger partial charge in [-0.05, 0) is 12.5 Å². The molecule has 1 aromatic heterocycles. The highest BCUT2D eigenvalue weighted by Crippen LogP contribution is 2.12. The molecule has 1 fully saturated rings. The number of pyridine rings is 1. The van der Waals surface area contributed by atoms with E-state index >= 15 is 0 Å². The summed E-state index contributed by atoms with van der Waals surface area (Å²) in [5.74, 6) is 5.49. The van der Waals surface area contributed by atoms with Crippen molar-refractivity contribution in [2.75, 3.05) is 19.8 Å². The third-order valence-electron chi connectivity index (χ3n) is 2.74. The molecule has 0 bridgehead atoms. The molecule has 0 spiro atoms. The summed E-state index contributed by atoms with van der Waals surface area (Å²) >= 11 is 0. The minimum Gasteiger partial charge on any atom is -0.395 e. The maximum absolute atomic E-state index is 12.2. The number of rotatable bonds is 4. The van der Waals surface area contributed by atoms with E-state index in [1.54, 1.807) is 0 Å². The van der Waals surface area contributed by atoms with Gasteiger partial charge in [0.2, 0.25) is 10.0 Å². The molecule has 1 atom stereocenters. The van der Waals surface area contributed by atoms with Gasteiger partial charge in [-0.3, -0.25) is 4.98 Å². The van der Waals surface area contributed by atoms with Crippen LogP contribution < -0.4 is 4.72 Å². The second-order valence-corrected chi connectivity index (χ2v) is 6.08. The van der Waals surface area contributed by atoms with Crippen molar-refractivity contribution in [1.82, 2.24) is 9.71 Å². The second-order valence-electron chi connectivity index (χ2n) is 4.37. The molecule has 1 saturated heterocycles. The first-order chi connectivity index (χ1) is 9.62. The van der Waals surface area contributed by atoms with Crippen LogP contribution in [0.2, 0.25) is 0 Å². The van der Waals surface area contributed by atoms with Crippen LogP contribution in [0.1, 0.15) is 18.4 Å². The van der Waals surface area contributed by atoms with Crippen LogP contribution in [0.15, 0.2) is 23.4 Å². The summed E-state index contributed by atoms with van der Waals surface area (Å²) in [5.41, 5.74) is 0.504. The molecular formula is C13H16N2O4S. The van der Waals surface area contributed by atoms with Crippen molar-refractivity contribution in [2.24, 2.45) is 0 Å². The first kappa shape index (κ1) is 14.9. The Kier molecular flexibility index (Phi) is 5.09. The van der Waals surface area contributed by atoms with Crippen molar-refractivity contribution in [1.29, 1.82) is 0 Å². The number of sulfonamides is 1. The fourth-order valence-electron chi connectivity index (χ4n) is 1.77. The zero-order valence-corrected chi connectivity index (χ0v) is 11.7. The topological polar surface area (TPSA) is 88.5 Å². The van der Waals surface area contributed by atoms with Crippen LogP contribution in [-0.2, 0) is 14.8 Å². The molecule has 0 saturated carbocycles. The predicted octanol–water partition coefficient (Wildman–Crippen LogP) is -0.117. The van der Waals surface area contributed by atoms with Crippen molar-refractivity contribution in [3.05, 3.63) is 24.0 Å². The van der Waals surface area contributed by atoms with Crippen LogP contribution in [0.4, 0.5) is 0 Å². The van der Waals surface area contributed by atoms with Gasteiger partial charge in [0.25, 0.3) is 0 Å². The lowest BCUT2D eigenvalue weighted by Crippen LogP contribution is -2.35. The molecule has 0 aliphatic carbocycles. The van der Waals surface area contributed by atoms with Gasteiger partial charge in [-0.1, -0.05) is 11.8 Å². The number of nitrogens with zero attached hydrogens (tertiary/aromatic N) is 1. The molecule has 2 rings (SSSR count). The van der Waals surface area contributed by atoms with Crippen LogP contribution in [0.25, 0.3) is 0 Å². The lowest BCUT2D eigenvalue weighted by Gasteiger charge is -2.11. The SMILES string of the molecule is O=S(=O)(NC1CCOC1)c1cncc(C#CCCO)c1. The summed E-state index contributed by atoms with van der Waals surface area (Å²) in [6, 6.07) is 1.28. The van der Waals surface area contributed by atoms with Gasteiger partial charge in [0.15, 0.2) is 0 Å². The molecule has 1 aliphatic heterocycles. The average molecular weight is 296 g/mol. The van der Waals surface area contributed by atoms with E-state index in [2.05, 4.69) is 21.5 Å². The monoisotopic (exact) mass is 296 g/mol. The Bertz CT molecular complexity index is 613. The Morgan fingerprint density at radius 2 is 2.35 bits per heavy atom. The normalized spacial score (nSPS) is 18.6. The third-order valence-corrected chi connectivity index (χ3v) is 4.23. The van der Waals surface area contributed by atoms with E-state index in [0.717, 1.165) is 0 Å². The molecule has 108 valence electrons. The summed E-state index contributed by atoms with van der Waals surface area (Å²) in [5, 5.41) is 8.65. The fraction of sp³-hybridized carbons (Fsp3) is 0.462. The highest BCUT2D eigenvalue weighted by molar-refractivity contribution is 7.89. The van der Waals surface area contributed by atoms with Gasteiger partial charge in [0, 0.05) is 37.0 Å². The van der Waals surface area contributed by atoms with E-state index in [1.807, 2.05) is 0 Å². The molecule has 0 amide bonds. The van der Waals surface area contributed by atoms with Gasteiger partial charge >= 0.3 is 0 Å². The van der Waals surface area contributed by atoms with E-state index in [-0.39, 0.29) is 17.5 Å². The highest BCUT2D eigenvalue weighted by Gasteiger charge is 2.23. The number of aliphatic hydroxyl groups excluding tert-OH is 1. The van der Waals surface area contributed by atoms with Crippen molar-refractivity contribution in [3.63, 3.8) is 0 Å². The number of ether oxygens (including phenoxy) is 1.